The van der Waals surface area contributed by atoms with Gasteiger partial charge in [0, 0.05) is 6.54 Å². The van der Waals surface area contributed by atoms with Crippen molar-refractivity contribution in [3.8, 4) is 0 Å². The molecule has 0 unspecified atom stereocenters. The summed E-state index contributed by atoms with van der Waals surface area (Å²) < 4.78 is 0. The molecule has 1 heteroatoms. The molecule has 1 heterocycles. The van der Waals surface area contributed by atoms with E-state index >= 15 is 0 Å². The van der Waals surface area contributed by atoms with Crippen molar-refractivity contribution in [1.82, 2.24) is 4.90 Å². The Morgan fingerprint density at radius 3 is 2.81 bits per heavy atom. The maximum absolute atomic E-state index is 2.49. The molecule has 3 rings (SSSR count). The van der Waals surface area contributed by atoms with E-state index in [1.165, 1.54) is 19.5 Å². The summed E-state index contributed by atoms with van der Waals surface area (Å²) in [5, 5.41) is 0. The van der Waals surface area contributed by atoms with E-state index in [1.807, 2.05) is 0 Å². The van der Waals surface area contributed by atoms with Crippen molar-refractivity contribution in [2.75, 3.05) is 20.1 Å². The predicted octanol–water partition coefficient (Wildman–Crippen LogP) is 3.01. The summed E-state index contributed by atoms with van der Waals surface area (Å²) in [4.78, 5) is 2.49. The Hall–Kier alpha value is -0.820. The lowest BCUT2D eigenvalue weighted by atomic mass is 9.73. The highest BCUT2D eigenvalue weighted by Crippen LogP contribution is 2.53. The van der Waals surface area contributed by atoms with Crippen LogP contribution in [0.3, 0.4) is 0 Å². The molecular weight excluding hydrogens is 194 g/mol. The molecule has 0 bridgehead atoms. The summed E-state index contributed by atoms with van der Waals surface area (Å²) in [5.41, 5.74) is 3.58. The first-order valence-corrected chi connectivity index (χ1v) is 6.38. The van der Waals surface area contributed by atoms with Crippen molar-refractivity contribution in [3.05, 3.63) is 35.4 Å². The predicted molar refractivity (Wildman–Crippen MR) is 67.8 cm³/mol. The van der Waals surface area contributed by atoms with E-state index in [1.54, 1.807) is 11.1 Å². The van der Waals surface area contributed by atoms with Crippen LogP contribution >= 0.6 is 0 Å². The molecule has 0 amide bonds. The van der Waals surface area contributed by atoms with Gasteiger partial charge in [0.05, 0.1) is 0 Å². The molecule has 1 aromatic rings. The van der Waals surface area contributed by atoms with Crippen LogP contribution in [-0.2, 0) is 5.41 Å². The SMILES string of the molecule is CN1CC[C@@H]2c3ccccc3C(C)(C)[C@H]2C1. The molecule has 0 radical (unpaired) electrons. The third-order valence-corrected chi connectivity index (χ3v) is 4.80. The molecule has 1 saturated heterocycles. The second kappa shape index (κ2) is 3.33. The summed E-state index contributed by atoms with van der Waals surface area (Å²) in [6.07, 6.45) is 1.33. The average Bonchev–Trinajstić information content (AvgIpc) is 2.49. The van der Waals surface area contributed by atoms with Gasteiger partial charge in [0.1, 0.15) is 0 Å². The second-order valence-corrected chi connectivity index (χ2v) is 6.07. The van der Waals surface area contributed by atoms with Crippen LogP contribution in [0.1, 0.15) is 37.3 Å². The zero-order valence-corrected chi connectivity index (χ0v) is 10.5. The summed E-state index contributed by atoms with van der Waals surface area (Å²) in [7, 11) is 2.26. The molecule has 16 heavy (non-hydrogen) atoms. The van der Waals surface area contributed by atoms with E-state index in [4.69, 9.17) is 0 Å². The molecule has 1 aliphatic carbocycles. The topological polar surface area (TPSA) is 3.24 Å². The van der Waals surface area contributed by atoms with E-state index in [0.29, 0.717) is 5.41 Å². The first-order valence-electron chi connectivity index (χ1n) is 6.38. The lowest BCUT2D eigenvalue weighted by molar-refractivity contribution is 0.146. The number of piperidine rings is 1. The molecule has 1 fully saturated rings. The van der Waals surface area contributed by atoms with E-state index in [0.717, 1.165) is 11.8 Å². The van der Waals surface area contributed by atoms with Gasteiger partial charge < -0.3 is 4.90 Å². The van der Waals surface area contributed by atoms with Crippen LogP contribution in [0, 0.1) is 5.92 Å². The van der Waals surface area contributed by atoms with E-state index in [2.05, 4.69) is 50.1 Å². The summed E-state index contributed by atoms with van der Waals surface area (Å²) in [5.74, 6) is 1.62. The normalized spacial score (nSPS) is 32.2. The number of fused-ring (bicyclic) bond motifs is 3. The molecule has 0 aromatic heterocycles. The Morgan fingerprint density at radius 1 is 1.25 bits per heavy atom. The van der Waals surface area contributed by atoms with Crippen molar-refractivity contribution in [3.63, 3.8) is 0 Å². The van der Waals surface area contributed by atoms with Gasteiger partial charge in [-0.1, -0.05) is 38.1 Å². The Balaban J connectivity index is 2.08. The average molecular weight is 215 g/mol. The third kappa shape index (κ3) is 1.27. The number of benzene rings is 1. The number of hydrogen-bond acceptors (Lipinski definition) is 1. The first-order chi connectivity index (χ1) is 7.60. The van der Waals surface area contributed by atoms with Crippen LogP contribution in [-0.4, -0.2) is 25.0 Å². The fraction of sp³-hybridized carbons (Fsp3) is 0.600. The van der Waals surface area contributed by atoms with Crippen LogP contribution < -0.4 is 0 Å². The third-order valence-electron chi connectivity index (χ3n) is 4.80. The van der Waals surface area contributed by atoms with Gasteiger partial charge in [0.25, 0.3) is 0 Å². The van der Waals surface area contributed by atoms with Gasteiger partial charge in [-0.15, -0.1) is 0 Å². The van der Waals surface area contributed by atoms with Crippen LogP contribution in [0.25, 0.3) is 0 Å². The maximum Gasteiger partial charge on any atom is 0.00208 e. The second-order valence-electron chi connectivity index (χ2n) is 6.07. The molecule has 1 nitrogen and oxygen atoms in total. The van der Waals surface area contributed by atoms with Crippen molar-refractivity contribution in [2.24, 2.45) is 5.92 Å². The standard InChI is InChI=1S/C15H21N/c1-15(2)13-7-5-4-6-11(13)12-8-9-16(3)10-14(12)15/h4-7,12,14H,8-10H2,1-3H3/t12-,14+/m1/s1. The summed E-state index contributed by atoms with van der Waals surface area (Å²) >= 11 is 0. The minimum Gasteiger partial charge on any atom is -0.306 e. The van der Waals surface area contributed by atoms with E-state index in [-0.39, 0.29) is 0 Å². The van der Waals surface area contributed by atoms with E-state index in [9.17, 15) is 0 Å². The van der Waals surface area contributed by atoms with Gasteiger partial charge in [0.15, 0.2) is 0 Å². The van der Waals surface area contributed by atoms with Crippen molar-refractivity contribution < 1.29 is 0 Å². The monoisotopic (exact) mass is 215 g/mol. The van der Waals surface area contributed by atoms with E-state index < -0.39 is 0 Å². The molecule has 0 saturated carbocycles. The number of likely N-dealkylation sites (tertiary alicyclic amines) is 1. The molecule has 1 aliphatic heterocycles. The number of hydrogen-bond donors (Lipinski definition) is 0. The molecule has 0 N–H and O–H groups in total. The smallest absolute Gasteiger partial charge is 0.00208 e. The van der Waals surface area contributed by atoms with Crippen LogP contribution in [0.4, 0.5) is 0 Å². The highest BCUT2D eigenvalue weighted by Gasteiger charge is 2.47. The molecule has 86 valence electrons. The quantitative estimate of drug-likeness (QED) is 0.643. The van der Waals surface area contributed by atoms with Crippen molar-refractivity contribution in [2.45, 2.75) is 31.6 Å². The molecule has 2 aliphatic rings. The fourth-order valence-corrected chi connectivity index (χ4v) is 3.83. The van der Waals surface area contributed by atoms with Gasteiger partial charge in [-0.25, -0.2) is 0 Å². The van der Waals surface area contributed by atoms with Crippen molar-refractivity contribution in [1.29, 1.82) is 0 Å². The lowest BCUT2D eigenvalue weighted by Gasteiger charge is -2.39. The maximum atomic E-state index is 2.49. The van der Waals surface area contributed by atoms with Gasteiger partial charge in [0.2, 0.25) is 0 Å². The highest BCUT2D eigenvalue weighted by atomic mass is 15.1. The van der Waals surface area contributed by atoms with Crippen LogP contribution in [0.15, 0.2) is 24.3 Å². The lowest BCUT2D eigenvalue weighted by Crippen LogP contribution is -2.41. The number of rotatable bonds is 0. The summed E-state index contributed by atoms with van der Waals surface area (Å²) in [6.45, 7) is 7.36. The summed E-state index contributed by atoms with van der Waals surface area (Å²) in [6, 6.07) is 9.10. The Bertz CT molecular complexity index is 408. The van der Waals surface area contributed by atoms with Crippen molar-refractivity contribution >= 4 is 0 Å². The Kier molecular flexibility index (Phi) is 2.16. The number of nitrogens with zero attached hydrogens (tertiary/aromatic N) is 1. The molecule has 2 atom stereocenters. The Labute approximate surface area is 98.5 Å². The van der Waals surface area contributed by atoms with Crippen LogP contribution in [0.2, 0.25) is 0 Å². The fourth-order valence-electron chi connectivity index (χ4n) is 3.83. The highest BCUT2D eigenvalue weighted by molar-refractivity contribution is 5.43. The molecular formula is C15H21N. The minimum absolute atomic E-state index is 0.357. The van der Waals surface area contributed by atoms with Gasteiger partial charge >= 0.3 is 0 Å². The largest absolute Gasteiger partial charge is 0.306 e. The first kappa shape index (κ1) is 10.3. The van der Waals surface area contributed by atoms with Gasteiger partial charge in [-0.3, -0.25) is 0 Å². The molecule has 1 aromatic carbocycles. The van der Waals surface area contributed by atoms with Gasteiger partial charge in [-0.2, -0.15) is 0 Å². The minimum atomic E-state index is 0.357. The molecule has 0 spiro atoms. The van der Waals surface area contributed by atoms with Gasteiger partial charge in [-0.05, 0) is 48.4 Å². The zero-order chi connectivity index (χ0) is 11.3. The Morgan fingerprint density at radius 2 is 2.00 bits per heavy atom. The van der Waals surface area contributed by atoms with Crippen LogP contribution in [0.5, 0.6) is 0 Å². The zero-order valence-electron chi connectivity index (χ0n) is 10.5.